The third-order valence-electron chi connectivity index (χ3n) is 3.19. The van der Waals surface area contributed by atoms with E-state index in [0.29, 0.717) is 0 Å². The predicted molar refractivity (Wildman–Crippen MR) is 79.7 cm³/mol. The molecule has 0 unspecified atom stereocenters. The zero-order chi connectivity index (χ0) is 13.1. The highest BCUT2D eigenvalue weighted by molar-refractivity contribution is 7.11. The summed E-state index contributed by atoms with van der Waals surface area (Å²) >= 11 is 1.76. The number of anilines is 1. The summed E-state index contributed by atoms with van der Waals surface area (Å²) in [5.74, 6) is 1.98. The zero-order valence-electron chi connectivity index (χ0n) is 11.7. The van der Waals surface area contributed by atoms with Crippen molar-refractivity contribution in [3.8, 4) is 0 Å². The smallest absolute Gasteiger partial charge is 0.141 e. The van der Waals surface area contributed by atoms with Gasteiger partial charge in [-0.05, 0) is 27.2 Å². The maximum atomic E-state index is 4.68. The molecule has 3 nitrogen and oxygen atoms in total. The monoisotopic (exact) mass is 263 g/mol. The maximum absolute atomic E-state index is 4.68. The van der Waals surface area contributed by atoms with Gasteiger partial charge in [0.25, 0.3) is 0 Å². The molecule has 0 aliphatic carbocycles. The van der Waals surface area contributed by atoms with Crippen molar-refractivity contribution in [2.75, 3.05) is 18.0 Å². The molecule has 0 N–H and O–H groups in total. The first kappa shape index (κ1) is 13.3. The van der Waals surface area contributed by atoms with Crippen molar-refractivity contribution < 1.29 is 0 Å². The first-order chi connectivity index (χ1) is 8.67. The van der Waals surface area contributed by atoms with E-state index in [1.807, 2.05) is 6.92 Å². The number of hydrogen-bond acceptors (Lipinski definition) is 4. The van der Waals surface area contributed by atoms with Gasteiger partial charge in [0, 0.05) is 23.3 Å². The number of aromatic nitrogens is 2. The van der Waals surface area contributed by atoms with Gasteiger partial charge in [-0.25, -0.2) is 9.97 Å². The molecule has 0 amide bonds. The van der Waals surface area contributed by atoms with Gasteiger partial charge >= 0.3 is 0 Å². The lowest BCUT2D eigenvalue weighted by atomic mass is 10.2. The van der Waals surface area contributed by atoms with Crippen molar-refractivity contribution in [1.82, 2.24) is 9.97 Å². The fourth-order valence-electron chi connectivity index (χ4n) is 2.20. The molecule has 0 saturated heterocycles. The van der Waals surface area contributed by atoms with Crippen LogP contribution < -0.4 is 4.90 Å². The fraction of sp³-hybridized carbons (Fsp3) is 0.571. The summed E-state index contributed by atoms with van der Waals surface area (Å²) in [4.78, 5) is 12.9. The molecule has 4 heteroatoms. The first-order valence-electron chi connectivity index (χ1n) is 6.64. The molecule has 0 aliphatic heterocycles. The second kappa shape index (κ2) is 5.65. The summed E-state index contributed by atoms with van der Waals surface area (Å²) in [7, 11) is 0. The topological polar surface area (TPSA) is 29.0 Å². The molecule has 18 heavy (non-hydrogen) atoms. The molecular weight excluding hydrogens is 242 g/mol. The number of rotatable bonds is 5. The van der Waals surface area contributed by atoms with E-state index >= 15 is 0 Å². The van der Waals surface area contributed by atoms with Crippen molar-refractivity contribution in [2.45, 2.75) is 40.5 Å². The number of thiophene rings is 1. The summed E-state index contributed by atoms with van der Waals surface area (Å²) in [5, 5.41) is 3.37. The van der Waals surface area contributed by atoms with E-state index in [1.54, 1.807) is 11.3 Å². The summed E-state index contributed by atoms with van der Waals surface area (Å²) in [5.41, 5.74) is 1.09. The minimum absolute atomic E-state index is 0.866. The van der Waals surface area contributed by atoms with Gasteiger partial charge in [0.1, 0.15) is 11.6 Å². The number of unbranched alkanes of at least 4 members (excludes halogenated alkanes) is 1. The SMILES string of the molecule is CCCCN(CC)c1nc(C)nc2csc(C)c12. The average Bonchev–Trinajstić information content (AvgIpc) is 2.71. The predicted octanol–water partition coefficient (Wildman–Crippen LogP) is 3.93. The fourth-order valence-corrected chi connectivity index (χ4v) is 2.97. The van der Waals surface area contributed by atoms with E-state index in [2.05, 4.69) is 41.0 Å². The normalized spacial score (nSPS) is 11.1. The zero-order valence-corrected chi connectivity index (χ0v) is 12.5. The van der Waals surface area contributed by atoms with Gasteiger partial charge < -0.3 is 4.90 Å². The van der Waals surface area contributed by atoms with Crippen LogP contribution in [0.25, 0.3) is 10.9 Å². The lowest BCUT2D eigenvalue weighted by Gasteiger charge is -2.23. The van der Waals surface area contributed by atoms with Gasteiger partial charge in [0.15, 0.2) is 0 Å². The van der Waals surface area contributed by atoms with Gasteiger partial charge in [-0.1, -0.05) is 13.3 Å². The molecule has 0 aliphatic rings. The van der Waals surface area contributed by atoms with Crippen LogP contribution in [-0.4, -0.2) is 23.1 Å². The van der Waals surface area contributed by atoms with E-state index in [-0.39, 0.29) is 0 Å². The third-order valence-corrected chi connectivity index (χ3v) is 4.09. The Morgan fingerprint density at radius 1 is 1.22 bits per heavy atom. The molecule has 0 aromatic carbocycles. The summed E-state index contributed by atoms with van der Waals surface area (Å²) < 4.78 is 0. The molecule has 2 heterocycles. The van der Waals surface area contributed by atoms with Crippen LogP contribution in [0.4, 0.5) is 5.82 Å². The van der Waals surface area contributed by atoms with Crippen LogP contribution in [0.5, 0.6) is 0 Å². The van der Waals surface area contributed by atoms with E-state index in [0.717, 1.165) is 30.2 Å². The van der Waals surface area contributed by atoms with E-state index < -0.39 is 0 Å². The molecule has 0 atom stereocenters. The molecule has 2 aromatic heterocycles. The highest BCUT2D eigenvalue weighted by atomic mass is 32.1. The number of fused-ring (bicyclic) bond motifs is 1. The van der Waals surface area contributed by atoms with Crippen LogP contribution in [-0.2, 0) is 0 Å². The Balaban J connectivity index is 2.49. The standard InChI is InChI=1S/C14H21N3S/c1-5-7-8-17(6-2)14-13-10(3)18-9-12(13)15-11(4)16-14/h9H,5-8H2,1-4H3. The average molecular weight is 263 g/mol. The number of nitrogens with zero attached hydrogens (tertiary/aromatic N) is 3. The third kappa shape index (κ3) is 2.48. The minimum atomic E-state index is 0.866. The van der Waals surface area contributed by atoms with Crippen LogP contribution in [0.3, 0.4) is 0 Å². The molecule has 0 spiro atoms. The summed E-state index contributed by atoms with van der Waals surface area (Å²) in [6.07, 6.45) is 2.42. The van der Waals surface area contributed by atoms with E-state index in [1.165, 1.54) is 23.1 Å². The highest BCUT2D eigenvalue weighted by Crippen LogP contribution is 2.31. The van der Waals surface area contributed by atoms with Gasteiger partial charge in [-0.3, -0.25) is 0 Å². The van der Waals surface area contributed by atoms with E-state index in [4.69, 9.17) is 0 Å². The van der Waals surface area contributed by atoms with Crippen LogP contribution in [0.2, 0.25) is 0 Å². The molecule has 0 bridgehead atoms. The highest BCUT2D eigenvalue weighted by Gasteiger charge is 2.14. The molecule has 98 valence electrons. The van der Waals surface area contributed by atoms with Gasteiger partial charge in [-0.2, -0.15) is 0 Å². The maximum Gasteiger partial charge on any atom is 0.141 e. The summed E-state index contributed by atoms with van der Waals surface area (Å²) in [6.45, 7) is 10.6. The van der Waals surface area contributed by atoms with Gasteiger partial charge in [0.05, 0.1) is 10.9 Å². The lowest BCUT2D eigenvalue weighted by molar-refractivity contribution is 0.724. The van der Waals surface area contributed by atoms with Crippen LogP contribution in [0, 0.1) is 13.8 Å². The van der Waals surface area contributed by atoms with Crippen LogP contribution >= 0.6 is 11.3 Å². The molecule has 0 saturated carbocycles. The Labute approximate surface area is 113 Å². The largest absolute Gasteiger partial charge is 0.356 e. The first-order valence-corrected chi connectivity index (χ1v) is 7.52. The Hall–Kier alpha value is -1.16. The van der Waals surface area contributed by atoms with Crippen molar-refractivity contribution >= 4 is 28.1 Å². The Kier molecular flexibility index (Phi) is 4.17. The number of hydrogen-bond donors (Lipinski definition) is 0. The van der Waals surface area contributed by atoms with Gasteiger partial charge in [0.2, 0.25) is 0 Å². The summed E-state index contributed by atoms with van der Waals surface area (Å²) in [6, 6.07) is 0. The van der Waals surface area contributed by atoms with Gasteiger partial charge in [-0.15, -0.1) is 11.3 Å². The van der Waals surface area contributed by atoms with Crippen molar-refractivity contribution in [1.29, 1.82) is 0 Å². The van der Waals surface area contributed by atoms with Crippen LogP contribution in [0.1, 0.15) is 37.4 Å². The molecule has 0 radical (unpaired) electrons. The van der Waals surface area contributed by atoms with Crippen molar-refractivity contribution in [3.05, 3.63) is 16.1 Å². The molecule has 2 aromatic rings. The molecular formula is C14H21N3S. The van der Waals surface area contributed by atoms with Crippen LogP contribution in [0.15, 0.2) is 5.38 Å². The van der Waals surface area contributed by atoms with Crippen molar-refractivity contribution in [2.24, 2.45) is 0 Å². The Morgan fingerprint density at radius 3 is 2.67 bits per heavy atom. The molecule has 2 rings (SSSR count). The van der Waals surface area contributed by atoms with E-state index in [9.17, 15) is 0 Å². The Bertz CT molecular complexity index is 533. The quantitative estimate of drug-likeness (QED) is 0.818. The second-order valence-electron chi connectivity index (χ2n) is 4.58. The minimum Gasteiger partial charge on any atom is -0.356 e. The number of aryl methyl sites for hydroxylation is 2. The van der Waals surface area contributed by atoms with Crippen molar-refractivity contribution in [3.63, 3.8) is 0 Å². The Morgan fingerprint density at radius 2 is 2.00 bits per heavy atom. The lowest BCUT2D eigenvalue weighted by Crippen LogP contribution is -2.25. The molecule has 0 fully saturated rings. The second-order valence-corrected chi connectivity index (χ2v) is 5.66.